The molecule has 4 nitrogen and oxygen atoms in total. The second-order valence-corrected chi connectivity index (χ2v) is 6.27. The van der Waals surface area contributed by atoms with E-state index in [1.54, 1.807) is 0 Å². The molecular weight excluding hydrogens is 300 g/mol. The van der Waals surface area contributed by atoms with Gasteiger partial charge in [-0.15, -0.1) is 0 Å². The summed E-state index contributed by atoms with van der Waals surface area (Å²) in [5.41, 5.74) is 9.66. The highest BCUT2D eigenvalue weighted by atomic mass is 16.5. The summed E-state index contributed by atoms with van der Waals surface area (Å²) in [4.78, 5) is 2.39. The van der Waals surface area contributed by atoms with Gasteiger partial charge in [0.1, 0.15) is 11.5 Å². The lowest BCUT2D eigenvalue weighted by Crippen LogP contribution is -2.41. The number of hydrogen-bond acceptors (Lipinski definition) is 4. The number of aryl methyl sites for hydroxylation is 1. The van der Waals surface area contributed by atoms with Gasteiger partial charge in [0, 0.05) is 25.7 Å². The van der Waals surface area contributed by atoms with Crippen LogP contribution >= 0.6 is 0 Å². The van der Waals surface area contributed by atoms with Gasteiger partial charge < -0.3 is 15.2 Å². The molecule has 0 aliphatic carbocycles. The van der Waals surface area contributed by atoms with Crippen LogP contribution in [0.1, 0.15) is 22.7 Å². The Morgan fingerprint density at radius 2 is 1.79 bits per heavy atom. The molecule has 1 fully saturated rings. The molecule has 1 heterocycles. The molecule has 0 aromatic heterocycles. The van der Waals surface area contributed by atoms with Crippen molar-refractivity contribution in [3.63, 3.8) is 0 Å². The summed E-state index contributed by atoms with van der Waals surface area (Å²) in [6, 6.07) is 14.7. The Balaban J connectivity index is 1.73. The maximum atomic E-state index is 6.04. The molecule has 1 aliphatic heterocycles. The van der Waals surface area contributed by atoms with Crippen LogP contribution in [0.25, 0.3) is 0 Å². The SMILES string of the molecule is Cc1cccc(Oc2ccc(C(CN)N3CCOCC3)cc2)c1C. The van der Waals surface area contributed by atoms with Gasteiger partial charge >= 0.3 is 0 Å². The second kappa shape index (κ2) is 7.79. The average molecular weight is 326 g/mol. The number of nitrogens with two attached hydrogens (primary N) is 1. The summed E-state index contributed by atoms with van der Waals surface area (Å²) in [7, 11) is 0. The third kappa shape index (κ3) is 3.78. The minimum atomic E-state index is 0.239. The Hall–Kier alpha value is -1.88. The summed E-state index contributed by atoms with van der Waals surface area (Å²) in [6.07, 6.45) is 0. The molecule has 0 spiro atoms. The molecule has 3 rings (SSSR count). The van der Waals surface area contributed by atoms with E-state index in [1.165, 1.54) is 16.7 Å². The zero-order chi connectivity index (χ0) is 16.9. The van der Waals surface area contributed by atoms with Gasteiger partial charge in [-0.25, -0.2) is 0 Å². The third-order valence-corrected chi connectivity index (χ3v) is 4.76. The number of ether oxygens (including phenoxy) is 2. The van der Waals surface area contributed by atoms with Crippen LogP contribution in [-0.2, 0) is 4.74 Å². The van der Waals surface area contributed by atoms with Crippen molar-refractivity contribution in [3.05, 3.63) is 59.2 Å². The first-order chi connectivity index (χ1) is 11.7. The highest BCUT2D eigenvalue weighted by Crippen LogP contribution is 2.29. The Morgan fingerprint density at radius 3 is 2.46 bits per heavy atom. The normalized spacial score (nSPS) is 16.8. The highest BCUT2D eigenvalue weighted by Gasteiger charge is 2.21. The molecular formula is C20H26N2O2. The van der Waals surface area contributed by atoms with E-state index < -0.39 is 0 Å². The van der Waals surface area contributed by atoms with Crippen LogP contribution in [-0.4, -0.2) is 37.7 Å². The van der Waals surface area contributed by atoms with Crippen molar-refractivity contribution in [1.29, 1.82) is 0 Å². The van der Waals surface area contributed by atoms with Crippen molar-refractivity contribution < 1.29 is 9.47 Å². The molecule has 4 heteroatoms. The zero-order valence-corrected chi connectivity index (χ0v) is 14.5. The molecule has 1 unspecified atom stereocenters. The van der Waals surface area contributed by atoms with Crippen molar-refractivity contribution >= 4 is 0 Å². The van der Waals surface area contributed by atoms with Crippen LogP contribution < -0.4 is 10.5 Å². The minimum Gasteiger partial charge on any atom is -0.457 e. The fourth-order valence-corrected chi connectivity index (χ4v) is 3.10. The number of hydrogen-bond donors (Lipinski definition) is 1. The van der Waals surface area contributed by atoms with Crippen molar-refractivity contribution in [2.45, 2.75) is 19.9 Å². The number of rotatable bonds is 5. The standard InChI is InChI=1S/C20H26N2O2/c1-15-4-3-5-20(16(15)2)24-18-8-6-17(7-9-18)19(14-21)22-10-12-23-13-11-22/h3-9,19H,10-14,21H2,1-2H3. The summed E-state index contributed by atoms with van der Waals surface area (Å²) in [5.74, 6) is 1.76. The van der Waals surface area contributed by atoms with Crippen molar-refractivity contribution in [2.24, 2.45) is 5.73 Å². The van der Waals surface area contributed by atoms with Crippen LogP contribution in [0.3, 0.4) is 0 Å². The van der Waals surface area contributed by atoms with Gasteiger partial charge in [-0.2, -0.15) is 0 Å². The van der Waals surface area contributed by atoms with E-state index in [9.17, 15) is 0 Å². The molecule has 128 valence electrons. The lowest BCUT2D eigenvalue weighted by molar-refractivity contribution is 0.0179. The molecule has 0 radical (unpaired) electrons. The van der Waals surface area contributed by atoms with Gasteiger partial charge in [-0.3, -0.25) is 4.90 Å². The maximum Gasteiger partial charge on any atom is 0.130 e. The van der Waals surface area contributed by atoms with Crippen LogP contribution in [0.2, 0.25) is 0 Å². The predicted molar refractivity (Wildman–Crippen MR) is 96.6 cm³/mol. The van der Waals surface area contributed by atoms with E-state index in [0.717, 1.165) is 37.8 Å². The van der Waals surface area contributed by atoms with Crippen LogP contribution in [0, 0.1) is 13.8 Å². The lowest BCUT2D eigenvalue weighted by Gasteiger charge is -2.34. The molecule has 0 saturated carbocycles. The van der Waals surface area contributed by atoms with Crippen LogP contribution in [0.5, 0.6) is 11.5 Å². The van der Waals surface area contributed by atoms with Gasteiger partial charge in [0.05, 0.1) is 13.2 Å². The molecule has 24 heavy (non-hydrogen) atoms. The molecule has 0 amide bonds. The molecule has 2 aromatic carbocycles. The molecule has 1 aliphatic rings. The first kappa shape index (κ1) is 17.0. The summed E-state index contributed by atoms with van der Waals surface area (Å²) < 4.78 is 11.5. The quantitative estimate of drug-likeness (QED) is 0.914. The summed E-state index contributed by atoms with van der Waals surface area (Å²) >= 11 is 0. The van der Waals surface area contributed by atoms with E-state index in [2.05, 4.69) is 36.9 Å². The Kier molecular flexibility index (Phi) is 5.51. The lowest BCUT2D eigenvalue weighted by atomic mass is 10.0. The van der Waals surface area contributed by atoms with Crippen LogP contribution in [0.15, 0.2) is 42.5 Å². The van der Waals surface area contributed by atoms with Gasteiger partial charge in [-0.1, -0.05) is 24.3 Å². The van der Waals surface area contributed by atoms with Gasteiger partial charge in [0.2, 0.25) is 0 Å². The first-order valence-electron chi connectivity index (χ1n) is 8.55. The molecule has 2 aromatic rings. The fourth-order valence-electron chi connectivity index (χ4n) is 3.10. The number of benzene rings is 2. The van der Waals surface area contributed by atoms with Crippen molar-refractivity contribution in [3.8, 4) is 11.5 Å². The fraction of sp³-hybridized carbons (Fsp3) is 0.400. The molecule has 1 saturated heterocycles. The molecule has 0 bridgehead atoms. The monoisotopic (exact) mass is 326 g/mol. The number of morpholine rings is 1. The number of nitrogens with zero attached hydrogens (tertiary/aromatic N) is 1. The largest absolute Gasteiger partial charge is 0.457 e. The minimum absolute atomic E-state index is 0.239. The Morgan fingerprint density at radius 1 is 1.08 bits per heavy atom. The average Bonchev–Trinajstić information content (AvgIpc) is 2.62. The van der Waals surface area contributed by atoms with Crippen LogP contribution in [0.4, 0.5) is 0 Å². The van der Waals surface area contributed by atoms with E-state index in [4.69, 9.17) is 15.2 Å². The third-order valence-electron chi connectivity index (χ3n) is 4.76. The smallest absolute Gasteiger partial charge is 0.130 e. The van der Waals surface area contributed by atoms with Gasteiger partial charge in [0.25, 0.3) is 0 Å². The molecule has 1 atom stereocenters. The van der Waals surface area contributed by atoms with Crippen molar-refractivity contribution in [2.75, 3.05) is 32.8 Å². The first-order valence-corrected chi connectivity index (χ1v) is 8.55. The molecule has 2 N–H and O–H groups in total. The topological polar surface area (TPSA) is 47.7 Å². The van der Waals surface area contributed by atoms with E-state index in [-0.39, 0.29) is 6.04 Å². The van der Waals surface area contributed by atoms with Gasteiger partial charge in [0.15, 0.2) is 0 Å². The highest BCUT2D eigenvalue weighted by molar-refractivity contribution is 5.42. The predicted octanol–water partition coefficient (Wildman–Crippen LogP) is 3.43. The Bertz CT molecular complexity index is 664. The Labute approximate surface area is 144 Å². The summed E-state index contributed by atoms with van der Waals surface area (Å²) in [5, 5.41) is 0. The van der Waals surface area contributed by atoms with E-state index in [1.807, 2.05) is 24.3 Å². The van der Waals surface area contributed by atoms with Crippen molar-refractivity contribution in [1.82, 2.24) is 4.90 Å². The second-order valence-electron chi connectivity index (χ2n) is 6.27. The summed E-state index contributed by atoms with van der Waals surface area (Å²) in [6.45, 7) is 8.22. The van der Waals surface area contributed by atoms with Gasteiger partial charge in [-0.05, 0) is 48.7 Å². The van der Waals surface area contributed by atoms with E-state index in [0.29, 0.717) is 6.54 Å². The zero-order valence-electron chi connectivity index (χ0n) is 14.5. The van der Waals surface area contributed by atoms with E-state index >= 15 is 0 Å². The maximum absolute atomic E-state index is 6.04.